The van der Waals surface area contributed by atoms with E-state index in [4.69, 9.17) is 0 Å². The second-order valence-electron chi connectivity index (χ2n) is 5.82. The highest BCUT2D eigenvalue weighted by Gasteiger charge is 2.32. The number of rotatable bonds is 8. The standard InChI is InChI=1S/C15H27N3/c1-4-9-16-15(12(2)14-6-7-14)8-5-13-10-17-18(3)11-13/h10-12,14-16H,4-9H2,1-3H3. The van der Waals surface area contributed by atoms with Crippen LogP contribution in [0.1, 0.15) is 45.1 Å². The lowest BCUT2D eigenvalue weighted by atomic mass is 9.92. The normalized spacial score (nSPS) is 18.8. The predicted octanol–water partition coefficient (Wildman–Crippen LogP) is 2.77. The van der Waals surface area contributed by atoms with Crippen molar-refractivity contribution in [2.24, 2.45) is 18.9 Å². The van der Waals surface area contributed by atoms with Gasteiger partial charge in [-0.15, -0.1) is 0 Å². The van der Waals surface area contributed by atoms with Crippen molar-refractivity contribution in [1.82, 2.24) is 15.1 Å². The van der Waals surface area contributed by atoms with Gasteiger partial charge in [-0.1, -0.05) is 13.8 Å². The summed E-state index contributed by atoms with van der Waals surface area (Å²) in [5, 5.41) is 7.99. The molecule has 0 aromatic carbocycles. The molecule has 0 radical (unpaired) electrons. The Kier molecular flexibility index (Phi) is 4.81. The van der Waals surface area contributed by atoms with Crippen LogP contribution in [0.5, 0.6) is 0 Å². The molecule has 3 nitrogen and oxygen atoms in total. The molecule has 0 amide bonds. The van der Waals surface area contributed by atoms with E-state index in [9.17, 15) is 0 Å². The maximum absolute atomic E-state index is 4.25. The van der Waals surface area contributed by atoms with E-state index in [2.05, 4.69) is 30.5 Å². The van der Waals surface area contributed by atoms with Gasteiger partial charge in [-0.25, -0.2) is 0 Å². The highest BCUT2D eigenvalue weighted by Crippen LogP contribution is 2.39. The van der Waals surface area contributed by atoms with Crippen LogP contribution in [0.15, 0.2) is 12.4 Å². The van der Waals surface area contributed by atoms with Crippen LogP contribution >= 0.6 is 0 Å². The van der Waals surface area contributed by atoms with E-state index in [0.717, 1.165) is 24.8 Å². The number of nitrogens with zero attached hydrogens (tertiary/aromatic N) is 2. The van der Waals surface area contributed by atoms with Crippen molar-refractivity contribution in [3.05, 3.63) is 18.0 Å². The van der Waals surface area contributed by atoms with Gasteiger partial charge in [0.05, 0.1) is 6.20 Å². The molecule has 2 unspecified atom stereocenters. The van der Waals surface area contributed by atoms with Gasteiger partial charge in [0.15, 0.2) is 0 Å². The molecule has 0 aliphatic heterocycles. The minimum atomic E-state index is 0.678. The Morgan fingerprint density at radius 2 is 2.28 bits per heavy atom. The fourth-order valence-corrected chi connectivity index (χ4v) is 2.75. The van der Waals surface area contributed by atoms with E-state index >= 15 is 0 Å². The summed E-state index contributed by atoms with van der Waals surface area (Å²) < 4.78 is 1.90. The summed E-state index contributed by atoms with van der Waals surface area (Å²) in [7, 11) is 1.99. The van der Waals surface area contributed by atoms with Crippen molar-refractivity contribution in [1.29, 1.82) is 0 Å². The summed E-state index contributed by atoms with van der Waals surface area (Å²) in [5.41, 5.74) is 1.36. The van der Waals surface area contributed by atoms with Gasteiger partial charge >= 0.3 is 0 Å². The number of hydrogen-bond acceptors (Lipinski definition) is 2. The molecule has 1 N–H and O–H groups in total. The van der Waals surface area contributed by atoms with E-state index in [1.54, 1.807) is 0 Å². The first kappa shape index (κ1) is 13.6. The first-order chi connectivity index (χ1) is 8.70. The fraction of sp³-hybridized carbons (Fsp3) is 0.800. The Morgan fingerprint density at radius 1 is 1.50 bits per heavy atom. The lowest BCUT2D eigenvalue weighted by molar-refractivity contribution is 0.325. The molecule has 1 aromatic heterocycles. The molecule has 102 valence electrons. The third-order valence-corrected chi connectivity index (χ3v) is 4.16. The van der Waals surface area contributed by atoms with E-state index < -0.39 is 0 Å². The Labute approximate surface area is 111 Å². The van der Waals surface area contributed by atoms with Crippen LogP contribution in [-0.2, 0) is 13.5 Å². The van der Waals surface area contributed by atoms with Crippen molar-refractivity contribution in [3.8, 4) is 0 Å². The topological polar surface area (TPSA) is 29.9 Å². The quantitative estimate of drug-likeness (QED) is 0.768. The van der Waals surface area contributed by atoms with Crippen molar-refractivity contribution in [2.75, 3.05) is 6.54 Å². The first-order valence-corrected chi connectivity index (χ1v) is 7.41. The lowest BCUT2D eigenvalue weighted by Gasteiger charge is -2.25. The Bertz CT molecular complexity index is 354. The van der Waals surface area contributed by atoms with Crippen molar-refractivity contribution >= 4 is 0 Å². The zero-order valence-corrected chi connectivity index (χ0v) is 12.0. The van der Waals surface area contributed by atoms with Gasteiger partial charge < -0.3 is 5.32 Å². The summed E-state index contributed by atoms with van der Waals surface area (Å²) in [5.74, 6) is 1.81. The summed E-state index contributed by atoms with van der Waals surface area (Å²) in [6.45, 7) is 5.82. The molecule has 18 heavy (non-hydrogen) atoms. The van der Waals surface area contributed by atoms with E-state index in [1.807, 2.05) is 17.9 Å². The number of aryl methyl sites for hydroxylation is 2. The molecular formula is C15H27N3. The van der Waals surface area contributed by atoms with Crippen LogP contribution in [0.2, 0.25) is 0 Å². The second-order valence-corrected chi connectivity index (χ2v) is 5.82. The molecule has 1 aliphatic carbocycles. The Hall–Kier alpha value is -0.830. The minimum Gasteiger partial charge on any atom is -0.314 e. The summed E-state index contributed by atoms with van der Waals surface area (Å²) in [4.78, 5) is 0. The molecule has 2 rings (SSSR count). The predicted molar refractivity (Wildman–Crippen MR) is 75.5 cm³/mol. The summed E-state index contributed by atoms with van der Waals surface area (Å²) in [6.07, 6.45) is 10.6. The highest BCUT2D eigenvalue weighted by molar-refractivity contribution is 5.04. The van der Waals surface area contributed by atoms with Gasteiger partial charge in [0.25, 0.3) is 0 Å². The van der Waals surface area contributed by atoms with Crippen LogP contribution in [0, 0.1) is 11.8 Å². The van der Waals surface area contributed by atoms with Gasteiger partial charge in [-0.2, -0.15) is 5.10 Å². The molecule has 2 atom stereocenters. The molecule has 1 aromatic rings. The smallest absolute Gasteiger partial charge is 0.0521 e. The maximum Gasteiger partial charge on any atom is 0.0521 e. The second kappa shape index (κ2) is 6.37. The largest absolute Gasteiger partial charge is 0.314 e. The fourth-order valence-electron chi connectivity index (χ4n) is 2.75. The monoisotopic (exact) mass is 249 g/mol. The lowest BCUT2D eigenvalue weighted by Crippen LogP contribution is -2.36. The molecule has 1 aliphatic rings. The summed E-state index contributed by atoms with van der Waals surface area (Å²) in [6, 6.07) is 0.678. The average molecular weight is 249 g/mol. The Morgan fingerprint density at radius 3 is 2.83 bits per heavy atom. The van der Waals surface area contributed by atoms with E-state index in [0.29, 0.717) is 6.04 Å². The van der Waals surface area contributed by atoms with Gasteiger partial charge in [-0.3, -0.25) is 4.68 Å². The van der Waals surface area contributed by atoms with Crippen molar-refractivity contribution in [3.63, 3.8) is 0 Å². The summed E-state index contributed by atoms with van der Waals surface area (Å²) >= 11 is 0. The molecule has 1 fully saturated rings. The molecule has 1 saturated carbocycles. The van der Waals surface area contributed by atoms with Crippen LogP contribution in [-0.4, -0.2) is 22.4 Å². The third-order valence-electron chi connectivity index (χ3n) is 4.16. The molecule has 3 heteroatoms. The molecule has 0 bridgehead atoms. The number of nitrogens with one attached hydrogen (secondary N) is 1. The van der Waals surface area contributed by atoms with Crippen LogP contribution in [0.3, 0.4) is 0 Å². The van der Waals surface area contributed by atoms with Gasteiger partial charge in [-0.05, 0) is 56.0 Å². The molecule has 0 saturated heterocycles. The van der Waals surface area contributed by atoms with Crippen molar-refractivity contribution in [2.45, 2.75) is 52.0 Å². The first-order valence-electron chi connectivity index (χ1n) is 7.41. The van der Waals surface area contributed by atoms with Gasteiger partial charge in [0.1, 0.15) is 0 Å². The van der Waals surface area contributed by atoms with Crippen molar-refractivity contribution < 1.29 is 0 Å². The number of hydrogen-bond donors (Lipinski definition) is 1. The minimum absolute atomic E-state index is 0.678. The average Bonchev–Trinajstić information content (AvgIpc) is 3.13. The molecule has 0 spiro atoms. The zero-order chi connectivity index (χ0) is 13.0. The maximum atomic E-state index is 4.25. The van der Waals surface area contributed by atoms with Gasteiger partial charge in [0, 0.05) is 19.3 Å². The van der Waals surface area contributed by atoms with Crippen LogP contribution < -0.4 is 5.32 Å². The molecule has 1 heterocycles. The van der Waals surface area contributed by atoms with Crippen LogP contribution in [0.25, 0.3) is 0 Å². The van der Waals surface area contributed by atoms with Crippen LogP contribution in [0.4, 0.5) is 0 Å². The zero-order valence-electron chi connectivity index (χ0n) is 12.0. The SMILES string of the molecule is CCCNC(CCc1cnn(C)c1)C(C)C1CC1. The third kappa shape index (κ3) is 3.84. The Balaban J connectivity index is 1.83. The highest BCUT2D eigenvalue weighted by atomic mass is 15.2. The van der Waals surface area contributed by atoms with E-state index in [-0.39, 0.29) is 0 Å². The van der Waals surface area contributed by atoms with E-state index in [1.165, 1.54) is 31.2 Å². The number of aromatic nitrogens is 2. The molecular weight excluding hydrogens is 222 g/mol. The van der Waals surface area contributed by atoms with Gasteiger partial charge in [0.2, 0.25) is 0 Å².